The van der Waals surface area contributed by atoms with Crippen LogP contribution >= 0.6 is 0 Å². The largest absolute Gasteiger partial charge is 0.0730 e. The van der Waals surface area contributed by atoms with Crippen LogP contribution in [0.25, 0.3) is 0 Å². The molecule has 1 atom stereocenters. The van der Waals surface area contributed by atoms with E-state index in [4.69, 9.17) is 0 Å². The molecule has 0 saturated carbocycles. The van der Waals surface area contributed by atoms with Gasteiger partial charge in [-0.25, -0.2) is 0 Å². The molecule has 1 unspecified atom stereocenters. The predicted molar refractivity (Wildman–Crippen MR) is 56.8 cm³/mol. The third-order valence-electron chi connectivity index (χ3n) is 2.47. The van der Waals surface area contributed by atoms with Crippen LogP contribution < -0.4 is 0 Å². The molecule has 1 aliphatic carbocycles. The monoisotopic (exact) mass is 170 g/mol. The Morgan fingerprint density at radius 3 is 2.23 bits per heavy atom. The molecule has 0 heteroatoms. The first-order valence-corrected chi connectivity index (χ1v) is 4.69. The minimum absolute atomic E-state index is 0.501. The van der Waals surface area contributed by atoms with Gasteiger partial charge in [0.05, 0.1) is 0 Å². The molecular weight excluding hydrogens is 156 g/mol. The highest BCUT2D eigenvalue weighted by Crippen LogP contribution is 2.26. The number of hydrogen-bond donors (Lipinski definition) is 0. The van der Waals surface area contributed by atoms with Gasteiger partial charge in [0.2, 0.25) is 0 Å². The number of aryl methyl sites for hydroxylation is 1. The minimum Gasteiger partial charge on any atom is -0.0730 e. The Kier molecular flexibility index (Phi) is 2.05. The Bertz CT molecular complexity index is 352. The van der Waals surface area contributed by atoms with Crippen molar-refractivity contribution in [3.05, 3.63) is 59.2 Å². The van der Waals surface area contributed by atoms with Gasteiger partial charge < -0.3 is 0 Å². The lowest BCUT2D eigenvalue weighted by molar-refractivity contribution is 1.10. The molecule has 0 aliphatic heterocycles. The first-order valence-electron chi connectivity index (χ1n) is 4.69. The van der Waals surface area contributed by atoms with E-state index in [1.807, 2.05) is 0 Å². The molecule has 0 amide bonds. The van der Waals surface area contributed by atoms with Crippen LogP contribution in [0.1, 0.15) is 24.0 Å². The Morgan fingerprint density at radius 1 is 1.00 bits per heavy atom. The van der Waals surface area contributed by atoms with Crippen LogP contribution in [0.2, 0.25) is 0 Å². The lowest BCUT2D eigenvalue weighted by Gasteiger charge is -2.05. The van der Waals surface area contributed by atoms with Crippen LogP contribution in [-0.2, 0) is 0 Å². The summed E-state index contributed by atoms with van der Waals surface area (Å²) in [6.07, 6.45) is 6.73. The second-order valence-electron chi connectivity index (χ2n) is 3.71. The molecule has 0 nitrogen and oxygen atoms in total. The van der Waals surface area contributed by atoms with E-state index < -0.39 is 0 Å². The summed E-state index contributed by atoms with van der Waals surface area (Å²) in [6, 6.07) is 8.76. The Balaban J connectivity index is 2.28. The summed E-state index contributed by atoms with van der Waals surface area (Å²) in [5.41, 5.74) is 4.08. The summed E-state index contributed by atoms with van der Waals surface area (Å²) >= 11 is 0. The molecular formula is C13H14. The fourth-order valence-corrected chi connectivity index (χ4v) is 1.65. The van der Waals surface area contributed by atoms with Gasteiger partial charge in [0.1, 0.15) is 0 Å². The van der Waals surface area contributed by atoms with Crippen molar-refractivity contribution in [3.8, 4) is 0 Å². The van der Waals surface area contributed by atoms with Gasteiger partial charge in [0, 0.05) is 5.92 Å². The summed E-state index contributed by atoms with van der Waals surface area (Å²) in [5, 5.41) is 0. The first kappa shape index (κ1) is 8.31. The molecule has 0 bridgehead atoms. The van der Waals surface area contributed by atoms with Crippen LogP contribution in [0.3, 0.4) is 0 Å². The lowest BCUT2D eigenvalue weighted by atomic mass is 10.00. The summed E-state index contributed by atoms with van der Waals surface area (Å²) in [4.78, 5) is 0. The smallest absolute Gasteiger partial charge is 0.0207 e. The van der Waals surface area contributed by atoms with Crippen molar-refractivity contribution in [1.29, 1.82) is 0 Å². The standard InChI is InChI=1S/C13H14/c1-10-3-6-12(7-4-10)13-8-5-11(2)9-13/h3-9,13H,1-2H3. The minimum atomic E-state index is 0.501. The molecule has 0 spiro atoms. The van der Waals surface area contributed by atoms with Gasteiger partial charge in [-0.15, -0.1) is 0 Å². The molecule has 1 aromatic carbocycles. The molecule has 1 aliphatic rings. The van der Waals surface area contributed by atoms with E-state index in [-0.39, 0.29) is 0 Å². The zero-order chi connectivity index (χ0) is 9.26. The molecule has 0 heterocycles. The fourth-order valence-electron chi connectivity index (χ4n) is 1.65. The zero-order valence-corrected chi connectivity index (χ0v) is 8.12. The average Bonchev–Trinajstić information content (AvgIpc) is 2.53. The predicted octanol–water partition coefficient (Wildman–Crippen LogP) is 3.59. The third kappa shape index (κ3) is 1.72. The van der Waals surface area contributed by atoms with Crippen molar-refractivity contribution >= 4 is 0 Å². The lowest BCUT2D eigenvalue weighted by Crippen LogP contribution is -1.88. The first-order chi connectivity index (χ1) is 6.25. The highest BCUT2D eigenvalue weighted by atomic mass is 14.1. The quantitative estimate of drug-likeness (QED) is 0.604. The molecule has 1 aromatic rings. The number of allylic oxidation sites excluding steroid dienone is 4. The maximum absolute atomic E-state index is 2.30. The van der Waals surface area contributed by atoms with Crippen LogP contribution in [-0.4, -0.2) is 0 Å². The summed E-state index contributed by atoms with van der Waals surface area (Å²) < 4.78 is 0. The molecule has 0 radical (unpaired) electrons. The number of benzene rings is 1. The second kappa shape index (κ2) is 3.21. The summed E-state index contributed by atoms with van der Waals surface area (Å²) in [5.74, 6) is 0.501. The Hall–Kier alpha value is -1.30. The molecule has 0 N–H and O–H groups in total. The molecule has 0 fully saturated rings. The summed E-state index contributed by atoms with van der Waals surface area (Å²) in [6.45, 7) is 4.26. The number of hydrogen-bond acceptors (Lipinski definition) is 0. The van der Waals surface area contributed by atoms with E-state index in [0.29, 0.717) is 5.92 Å². The van der Waals surface area contributed by atoms with Gasteiger partial charge in [-0.2, -0.15) is 0 Å². The molecule has 0 aromatic heterocycles. The van der Waals surface area contributed by atoms with Crippen molar-refractivity contribution in [2.24, 2.45) is 0 Å². The van der Waals surface area contributed by atoms with Crippen molar-refractivity contribution < 1.29 is 0 Å². The normalized spacial score (nSPS) is 20.5. The molecule has 66 valence electrons. The van der Waals surface area contributed by atoms with Gasteiger partial charge in [0.25, 0.3) is 0 Å². The zero-order valence-electron chi connectivity index (χ0n) is 8.12. The van der Waals surface area contributed by atoms with Gasteiger partial charge in [-0.05, 0) is 19.4 Å². The van der Waals surface area contributed by atoms with Crippen LogP contribution in [0.5, 0.6) is 0 Å². The van der Waals surface area contributed by atoms with Crippen LogP contribution in [0.4, 0.5) is 0 Å². The highest BCUT2D eigenvalue weighted by Gasteiger charge is 2.08. The molecule has 13 heavy (non-hydrogen) atoms. The maximum atomic E-state index is 2.30. The van der Waals surface area contributed by atoms with E-state index in [1.54, 1.807) is 0 Å². The fraction of sp³-hybridized carbons (Fsp3) is 0.231. The third-order valence-corrected chi connectivity index (χ3v) is 2.47. The van der Waals surface area contributed by atoms with Gasteiger partial charge in [0.15, 0.2) is 0 Å². The van der Waals surface area contributed by atoms with E-state index in [0.717, 1.165) is 0 Å². The van der Waals surface area contributed by atoms with E-state index in [2.05, 4.69) is 56.3 Å². The van der Waals surface area contributed by atoms with Crippen molar-refractivity contribution in [2.45, 2.75) is 19.8 Å². The van der Waals surface area contributed by atoms with Crippen molar-refractivity contribution in [1.82, 2.24) is 0 Å². The van der Waals surface area contributed by atoms with Crippen LogP contribution in [0.15, 0.2) is 48.1 Å². The Morgan fingerprint density at radius 2 is 1.69 bits per heavy atom. The van der Waals surface area contributed by atoms with Gasteiger partial charge >= 0.3 is 0 Å². The van der Waals surface area contributed by atoms with E-state index in [1.165, 1.54) is 16.7 Å². The van der Waals surface area contributed by atoms with E-state index >= 15 is 0 Å². The molecule has 0 saturated heterocycles. The van der Waals surface area contributed by atoms with Gasteiger partial charge in [-0.3, -0.25) is 0 Å². The van der Waals surface area contributed by atoms with Gasteiger partial charge in [-0.1, -0.05) is 53.6 Å². The highest BCUT2D eigenvalue weighted by molar-refractivity contribution is 5.39. The van der Waals surface area contributed by atoms with E-state index in [9.17, 15) is 0 Å². The molecule has 2 rings (SSSR count). The SMILES string of the molecule is CC1=CC(c2ccc(C)cc2)C=C1. The second-order valence-corrected chi connectivity index (χ2v) is 3.71. The maximum Gasteiger partial charge on any atom is 0.0207 e. The Labute approximate surface area is 79.6 Å². The number of rotatable bonds is 1. The topological polar surface area (TPSA) is 0 Å². The van der Waals surface area contributed by atoms with Crippen LogP contribution in [0, 0.1) is 6.92 Å². The average molecular weight is 170 g/mol. The van der Waals surface area contributed by atoms with Crippen molar-refractivity contribution in [2.75, 3.05) is 0 Å². The summed E-state index contributed by atoms with van der Waals surface area (Å²) in [7, 11) is 0. The van der Waals surface area contributed by atoms with Crippen molar-refractivity contribution in [3.63, 3.8) is 0 Å².